The Bertz CT molecular complexity index is 1450. The zero-order valence-corrected chi connectivity index (χ0v) is 20.2. The highest BCUT2D eigenvalue weighted by Gasteiger charge is 2.18. The average molecular weight is 474 g/mol. The van der Waals surface area contributed by atoms with Crippen LogP contribution >= 0.6 is 0 Å². The molecule has 2 atom stereocenters. The number of nitrogens with one attached hydrogen (secondary N) is 2. The van der Waals surface area contributed by atoms with E-state index >= 15 is 0 Å². The molecule has 5 aromatic rings. The third-order valence-electron chi connectivity index (χ3n) is 6.53. The maximum absolute atomic E-state index is 13.1. The molecule has 0 spiro atoms. The molecule has 2 N–H and O–H groups in total. The Morgan fingerprint density at radius 2 is 1.14 bits per heavy atom. The van der Waals surface area contributed by atoms with Gasteiger partial charge in [0.15, 0.2) is 0 Å². The van der Waals surface area contributed by atoms with E-state index in [4.69, 9.17) is 0 Å². The Morgan fingerprint density at radius 3 is 1.72 bits per heavy atom. The monoisotopic (exact) mass is 473 g/mol. The van der Waals surface area contributed by atoms with Gasteiger partial charge in [-0.2, -0.15) is 0 Å². The summed E-state index contributed by atoms with van der Waals surface area (Å²) in [4.78, 5) is 30.3. The van der Waals surface area contributed by atoms with Gasteiger partial charge in [-0.25, -0.2) is 0 Å². The number of carbonyl (C=O) groups is 2. The predicted octanol–water partition coefficient (Wildman–Crippen LogP) is 6.37. The molecule has 0 aliphatic rings. The van der Waals surface area contributed by atoms with Gasteiger partial charge in [0, 0.05) is 11.8 Å². The summed E-state index contributed by atoms with van der Waals surface area (Å²) in [7, 11) is 0. The van der Waals surface area contributed by atoms with Crippen molar-refractivity contribution in [2.75, 3.05) is 0 Å². The maximum atomic E-state index is 13.1. The first kappa shape index (κ1) is 23.2. The third-order valence-corrected chi connectivity index (χ3v) is 6.53. The number of pyridine rings is 1. The Hall–Kier alpha value is -4.51. The fourth-order valence-corrected chi connectivity index (χ4v) is 4.66. The highest BCUT2D eigenvalue weighted by atomic mass is 16.2. The highest BCUT2D eigenvalue weighted by molar-refractivity contribution is 5.99. The average Bonchev–Trinajstić information content (AvgIpc) is 2.92. The number of rotatable bonds is 6. The molecule has 0 radical (unpaired) electrons. The van der Waals surface area contributed by atoms with Crippen LogP contribution in [-0.2, 0) is 0 Å². The lowest BCUT2D eigenvalue weighted by Crippen LogP contribution is -2.29. The van der Waals surface area contributed by atoms with Crippen molar-refractivity contribution >= 4 is 33.4 Å². The first-order valence-electron chi connectivity index (χ1n) is 12.0. The summed E-state index contributed by atoms with van der Waals surface area (Å²) < 4.78 is 0. The summed E-state index contributed by atoms with van der Waals surface area (Å²) in [6.07, 6.45) is 1.50. The SMILES string of the molecule is C[C@H](NC(=O)c1ccnc(C(=O)N[C@@H](C)c2cccc3ccccc23)c1)c1cccc2ccccc12. The van der Waals surface area contributed by atoms with Crippen molar-refractivity contribution in [3.8, 4) is 0 Å². The van der Waals surface area contributed by atoms with E-state index in [2.05, 4.69) is 45.9 Å². The fourth-order valence-electron chi connectivity index (χ4n) is 4.66. The van der Waals surface area contributed by atoms with Gasteiger partial charge in [0.05, 0.1) is 12.1 Å². The summed E-state index contributed by atoms with van der Waals surface area (Å²) in [5.41, 5.74) is 2.66. The van der Waals surface area contributed by atoms with Gasteiger partial charge in [0.25, 0.3) is 11.8 Å². The van der Waals surface area contributed by atoms with Crippen LogP contribution < -0.4 is 10.6 Å². The molecule has 36 heavy (non-hydrogen) atoms. The lowest BCUT2D eigenvalue weighted by Gasteiger charge is -2.18. The molecule has 5 nitrogen and oxygen atoms in total. The van der Waals surface area contributed by atoms with Crippen LogP contribution in [0.25, 0.3) is 21.5 Å². The van der Waals surface area contributed by atoms with Crippen LogP contribution in [0.1, 0.15) is 57.9 Å². The molecule has 0 aliphatic heterocycles. The van der Waals surface area contributed by atoms with Crippen LogP contribution in [0.2, 0.25) is 0 Å². The molecule has 0 aliphatic carbocycles. The first-order valence-corrected chi connectivity index (χ1v) is 12.0. The van der Waals surface area contributed by atoms with Crippen LogP contribution in [0.5, 0.6) is 0 Å². The van der Waals surface area contributed by atoms with Crippen molar-refractivity contribution < 1.29 is 9.59 Å². The number of nitrogens with zero attached hydrogens (tertiary/aromatic N) is 1. The molecule has 0 saturated heterocycles. The van der Waals surface area contributed by atoms with E-state index < -0.39 is 0 Å². The van der Waals surface area contributed by atoms with Crippen LogP contribution in [-0.4, -0.2) is 16.8 Å². The topological polar surface area (TPSA) is 71.1 Å². The smallest absolute Gasteiger partial charge is 0.270 e. The molecule has 1 heterocycles. The van der Waals surface area contributed by atoms with E-state index in [1.165, 1.54) is 12.3 Å². The second-order valence-electron chi connectivity index (χ2n) is 8.96. The molecule has 2 amide bonds. The van der Waals surface area contributed by atoms with Gasteiger partial charge in [-0.3, -0.25) is 14.6 Å². The van der Waals surface area contributed by atoms with Crippen molar-refractivity contribution in [1.82, 2.24) is 15.6 Å². The molecule has 0 unspecified atom stereocenters. The largest absolute Gasteiger partial charge is 0.345 e. The minimum absolute atomic E-state index is 0.201. The lowest BCUT2D eigenvalue weighted by atomic mass is 9.99. The van der Waals surface area contributed by atoms with Crippen molar-refractivity contribution in [2.24, 2.45) is 0 Å². The number of amides is 2. The van der Waals surface area contributed by atoms with Crippen molar-refractivity contribution in [2.45, 2.75) is 25.9 Å². The van der Waals surface area contributed by atoms with Crippen molar-refractivity contribution in [1.29, 1.82) is 0 Å². The summed E-state index contributed by atoms with van der Waals surface area (Å²) in [6, 6.07) is 31.0. The third kappa shape index (κ3) is 4.68. The highest BCUT2D eigenvalue weighted by Crippen LogP contribution is 2.25. The quantitative estimate of drug-likeness (QED) is 0.301. The van der Waals surface area contributed by atoms with Crippen molar-refractivity contribution in [3.63, 3.8) is 0 Å². The molecule has 178 valence electrons. The lowest BCUT2D eigenvalue weighted by molar-refractivity contribution is 0.0935. The zero-order chi connectivity index (χ0) is 25.1. The summed E-state index contributed by atoms with van der Waals surface area (Å²) in [6.45, 7) is 3.91. The molecule has 0 fully saturated rings. The van der Waals surface area contributed by atoms with Crippen LogP contribution in [0.3, 0.4) is 0 Å². The number of hydrogen-bond donors (Lipinski definition) is 2. The molecule has 1 aromatic heterocycles. The number of aromatic nitrogens is 1. The number of carbonyl (C=O) groups excluding carboxylic acids is 2. The van der Waals surface area contributed by atoms with Crippen LogP contribution in [0, 0.1) is 0 Å². The standard InChI is InChI=1S/C31H27N3O2/c1-20(25-15-7-11-22-9-3-5-13-27(22)25)33-30(35)24-17-18-32-29(19-24)31(36)34-21(2)26-16-8-12-23-10-4-6-14-28(23)26/h3-21H,1-2H3,(H,33,35)(H,34,36)/t20-,21-/m0/s1. The number of fused-ring (bicyclic) bond motifs is 2. The Balaban J connectivity index is 1.31. The fraction of sp³-hybridized carbons (Fsp3) is 0.129. The van der Waals surface area contributed by atoms with Gasteiger partial charge in [0.2, 0.25) is 0 Å². The Kier molecular flexibility index (Phi) is 6.46. The molecular weight excluding hydrogens is 446 g/mol. The normalized spacial score (nSPS) is 12.7. The van der Waals surface area contributed by atoms with Gasteiger partial charge in [-0.1, -0.05) is 84.9 Å². The molecule has 5 rings (SSSR count). The van der Waals surface area contributed by atoms with Crippen LogP contribution in [0.4, 0.5) is 0 Å². The van der Waals surface area contributed by atoms with E-state index in [0.717, 1.165) is 32.7 Å². The zero-order valence-electron chi connectivity index (χ0n) is 20.2. The van der Waals surface area contributed by atoms with E-state index in [1.807, 2.05) is 68.4 Å². The van der Waals surface area contributed by atoms with Gasteiger partial charge in [-0.15, -0.1) is 0 Å². The molecule has 5 heteroatoms. The molecule has 0 saturated carbocycles. The van der Waals surface area contributed by atoms with Gasteiger partial charge < -0.3 is 10.6 Å². The van der Waals surface area contributed by atoms with E-state index in [1.54, 1.807) is 6.07 Å². The molecule has 4 aromatic carbocycles. The predicted molar refractivity (Wildman–Crippen MR) is 144 cm³/mol. The van der Waals surface area contributed by atoms with Crippen LogP contribution in [0.15, 0.2) is 103 Å². The second-order valence-corrected chi connectivity index (χ2v) is 8.96. The summed E-state index contributed by atoms with van der Waals surface area (Å²) >= 11 is 0. The summed E-state index contributed by atoms with van der Waals surface area (Å²) in [5.74, 6) is -0.582. The second kappa shape index (κ2) is 10.0. The number of hydrogen-bond acceptors (Lipinski definition) is 3. The van der Waals surface area contributed by atoms with E-state index in [-0.39, 0.29) is 29.6 Å². The minimum Gasteiger partial charge on any atom is -0.345 e. The summed E-state index contributed by atoms with van der Waals surface area (Å²) in [5, 5.41) is 10.5. The van der Waals surface area contributed by atoms with Gasteiger partial charge in [0.1, 0.15) is 5.69 Å². The van der Waals surface area contributed by atoms with Gasteiger partial charge >= 0.3 is 0 Å². The molecular formula is C31H27N3O2. The Labute approximate surface area is 210 Å². The van der Waals surface area contributed by atoms with Crippen molar-refractivity contribution in [3.05, 3.63) is 126 Å². The Morgan fingerprint density at radius 1 is 0.639 bits per heavy atom. The molecule has 0 bridgehead atoms. The minimum atomic E-state index is -0.327. The van der Waals surface area contributed by atoms with Gasteiger partial charge in [-0.05, 0) is 58.7 Å². The first-order chi connectivity index (χ1) is 17.5. The number of benzene rings is 4. The maximum Gasteiger partial charge on any atom is 0.270 e. The van der Waals surface area contributed by atoms with E-state index in [0.29, 0.717) is 5.56 Å². The van der Waals surface area contributed by atoms with E-state index in [9.17, 15) is 9.59 Å².